The first kappa shape index (κ1) is 13.0. The predicted molar refractivity (Wildman–Crippen MR) is 61.0 cm³/mol. The van der Waals surface area contributed by atoms with Gasteiger partial charge in [-0.25, -0.2) is 0 Å². The van der Waals surface area contributed by atoms with E-state index in [1.807, 2.05) is 0 Å². The molecular weight excluding hydrogens is 206 g/mol. The van der Waals surface area contributed by atoms with Gasteiger partial charge in [-0.05, 0) is 18.3 Å². The molecule has 4 nitrogen and oxygen atoms in total. The summed E-state index contributed by atoms with van der Waals surface area (Å²) in [5, 5.41) is 11.3. The third-order valence-corrected chi connectivity index (χ3v) is 3.42. The fourth-order valence-electron chi connectivity index (χ4n) is 2.25. The molecule has 2 atom stereocenters. The molecule has 0 aliphatic heterocycles. The van der Waals surface area contributed by atoms with E-state index < -0.39 is 5.97 Å². The average Bonchev–Trinajstić information content (AvgIpc) is 2.25. The van der Waals surface area contributed by atoms with Crippen LogP contribution in [0, 0.1) is 11.8 Å². The van der Waals surface area contributed by atoms with Crippen molar-refractivity contribution < 1.29 is 14.7 Å². The van der Waals surface area contributed by atoms with Gasteiger partial charge < -0.3 is 10.4 Å². The van der Waals surface area contributed by atoms with Crippen molar-refractivity contribution >= 4 is 11.9 Å². The summed E-state index contributed by atoms with van der Waals surface area (Å²) >= 11 is 0. The van der Waals surface area contributed by atoms with Crippen molar-refractivity contribution in [2.24, 2.45) is 11.8 Å². The number of carbonyl (C=O) groups excluding carboxylic acids is 1. The first-order valence-electron chi connectivity index (χ1n) is 6.08. The van der Waals surface area contributed by atoms with Gasteiger partial charge in [-0.2, -0.15) is 0 Å². The molecule has 0 radical (unpaired) electrons. The molecular formula is C12H21NO3. The molecule has 2 unspecified atom stereocenters. The maximum atomic E-state index is 11.3. The van der Waals surface area contributed by atoms with Gasteiger partial charge in [0.25, 0.3) is 0 Å². The number of amides is 1. The SMILES string of the molecule is CC1CCCCC1CNC(=O)CCC(=O)O. The zero-order chi connectivity index (χ0) is 12.0. The Morgan fingerprint density at radius 1 is 1.25 bits per heavy atom. The number of carboxylic acid groups (broad SMARTS) is 1. The quantitative estimate of drug-likeness (QED) is 0.752. The van der Waals surface area contributed by atoms with Crippen LogP contribution in [0.1, 0.15) is 45.4 Å². The van der Waals surface area contributed by atoms with Crippen molar-refractivity contribution in [2.45, 2.75) is 45.4 Å². The Morgan fingerprint density at radius 2 is 1.94 bits per heavy atom. The summed E-state index contributed by atoms with van der Waals surface area (Å²) in [4.78, 5) is 21.6. The lowest BCUT2D eigenvalue weighted by Gasteiger charge is -2.28. The molecule has 0 saturated heterocycles. The van der Waals surface area contributed by atoms with Gasteiger partial charge in [0.05, 0.1) is 6.42 Å². The highest BCUT2D eigenvalue weighted by Gasteiger charge is 2.21. The second kappa shape index (κ2) is 6.51. The molecule has 0 aromatic heterocycles. The molecule has 1 fully saturated rings. The molecule has 1 rings (SSSR count). The van der Waals surface area contributed by atoms with Gasteiger partial charge in [0.15, 0.2) is 0 Å². The van der Waals surface area contributed by atoms with Gasteiger partial charge in [-0.15, -0.1) is 0 Å². The minimum atomic E-state index is -0.916. The number of hydrogen-bond acceptors (Lipinski definition) is 2. The maximum absolute atomic E-state index is 11.3. The summed E-state index contributed by atoms with van der Waals surface area (Å²) in [5.41, 5.74) is 0. The lowest BCUT2D eigenvalue weighted by Crippen LogP contribution is -2.33. The second-order valence-electron chi connectivity index (χ2n) is 4.72. The van der Waals surface area contributed by atoms with Crippen LogP contribution >= 0.6 is 0 Å². The van der Waals surface area contributed by atoms with Gasteiger partial charge in [-0.3, -0.25) is 9.59 Å². The molecule has 4 heteroatoms. The summed E-state index contributed by atoms with van der Waals surface area (Å²) in [6.45, 7) is 2.94. The van der Waals surface area contributed by atoms with E-state index in [0.717, 1.165) is 0 Å². The molecule has 1 aliphatic carbocycles. The van der Waals surface area contributed by atoms with Crippen LogP contribution in [0.25, 0.3) is 0 Å². The molecule has 0 bridgehead atoms. The van der Waals surface area contributed by atoms with Crippen LogP contribution in [0.5, 0.6) is 0 Å². The standard InChI is InChI=1S/C12H21NO3/c1-9-4-2-3-5-10(9)8-13-11(14)6-7-12(15)16/h9-10H,2-8H2,1H3,(H,13,14)(H,15,16). The monoisotopic (exact) mass is 227 g/mol. The van der Waals surface area contributed by atoms with Gasteiger partial charge in [0.2, 0.25) is 5.91 Å². The van der Waals surface area contributed by atoms with Crippen molar-refractivity contribution in [1.29, 1.82) is 0 Å². The Hall–Kier alpha value is -1.06. The summed E-state index contributed by atoms with van der Waals surface area (Å²) in [5.74, 6) is 0.192. The topological polar surface area (TPSA) is 66.4 Å². The Bertz CT molecular complexity index is 253. The first-order valence-corrected chi connectivity index (χ1v) is 6.08. The van der Waals surface area contributed by atoms with Crippen LogP contribution in [0.15, 0.2) is 0 Å². The van der Waals surface area contributed by atoms with Crippen LogP contribution < -0.4 is 5.32 Å². The maximum Gasteiger partial charge on any atom is 0.303 e. The average molecular weight is 227 g/mol. The van der Waals surface area contributed by atoms with E-state index in [-0.39, 0.29) is 18.7 Å². The molecule has 0 aromatic carbocycles. The van der Waals surface area contributed by atoms with Crippen LogP contribution in [0.4, 0.5) is 0 Å². The van der Waals surface area contributed by atoms with E-state index in [2.05, 4.69) is 12.2 Å². The normalized spacial score (nSPS) is 25.1. The van der Waals surface area contributed by atoms with E-state index in [1.165, 1.54) is 25.7 Å². The molecule has 1 aliphatic rings. The van der Waals surface area contributed by atoms with Crippen molar-refractivity contribution in [3.05, 3.63) is 0 Å². The summed E-state index contributed by atoms with van der Waals surface area (Å²) in [6, 6.07) is 0. The molecule has 0 spiro atoms. The first-order chi connectivity index (χ1) is 7.59. The Balaban J connectivity index is 2.17. The van der Waals surface area contributed by atoms with Crippen molar-refractivity contribution in [1.82, 2.24) is 5.32 Å². The van der Waals surface area contributed by atoms with Gasteiger partial charge in [0, 0.05) is 13.0 Å². The van der Waals surface area contributed by atoms with E-state index in [4.69, 9.17) is 5.11 Å². The third-order valence-electron chi connectivity index (χ3n) is 3.42. The lowest BCUT2D eigenvalue weighted by molar-refractivity contribution is -0.138. The van der Waals surface area contributed by atoms with Crippen molar-refractivity contribution in [3.8, 4) is 0 Å². The number of nitrogens with one attached hydrogen (secondary N) is 1. The molecule has 0 aromatic rings. The van der Waals surface area contributed by atoms with Gasteiger partial charge in [0.1, 0.15) is 0 Å². The molecule has 16 heavy (non-hydrogen) atoms. The zero-order valence-electron chi connectivity index (χ0n) is 9.87. The highest BCUT2D eigenvalue weighted by molar-refractivity contribution is 5.80. The largest absolute Gasteiger partial charge is 0.481 e. The van der Waals surface area contributed by atoms with Gasteiger partial charge in [-0.1, -0.05) is 26.2 Å². The minimum Gasteiger partial charge on any atom is -0.481 e. The van der Waals surface area contributed by atoms with E-state index in [0.29, 0.717) is 18.4 Å². The number of rotatable bonds is 5. The number of hydrogen-bond donors (Lipinski definition) is 2. The number of aliphatic carboxylic acids is 1. The van der Waals surface area contributed by atoms with E-state index in [9.17, 15) is 9.59 Å². The highest BCUT2D eigenvalue weighted by atomic mass is 16.4. The minimum absolute atomic E-state index is 0.0773. The Kier molecular flexibility index (Phi) is 5.29. The van der Waals surface area contributed by atoms with Crippen LogP contribution in [-0.4, -0.2) is 23.5 Å². The van der Waals surface area contributed by atoms with Crippen LogP contribution in [-0.2, 0) is 9.59 Å². The predicted octanol–water partition coefficient (Wildman–Crippen LogP) is 1.79. The highest BCUT2D eigenvalue weighted by Crippen LogP contribution is 2.28. The number of carboxylic acids is 1. The molecule has 0 heterocycles. The second-order valence-corrected chi connectivity index (χ2v) is 4.72. The molecule has 1 amide bonds. The summed E-state index contributed by atoms with van der Waals surface area (Å²) < 4.78 is 0. The van der Waals surface area contributed by atoms with Crippen molar-refractivity contribution in [2.75, 3.05) is 6.54 Å². The van der Waals surface area contributed by atoms with E-state index in [1.54, 1.807) is 0 Å². The molecule has 1 saturated carbocycles. The lowest BCUT2D eigenvalue weighted by atomic mass is 9.80. The Morgan fingerprint density at radius 3 is 2.56 bits per heavy atom. The third kappa shape index (κ3) is 4.64. The zero-order valence-corrected chi connectivity index (χ0v) is 9.87. The van der Waals surface area contributed by atoms with E-state index >= 15 is 0 Å². The van der Waals surface area contributed by atoms with Crippen molar-refractivity contribution in [3.63, 3.8) is 0 Å². The Labute approximate surface area is 96.4 Å². The van der Waals surface area contributed by atoms with Crippen LogP contribution in [0.3, 0.4) is 0 Å². The summed E-state index contributed by atoms with van der Waals surface area (Å²) in [7, 11) is 0. The fraction of sp³-hybridized carbons (Fsp3) is 0.833. The molecule has 92 valence electrons. The smallest absolute Gasteiger partial charge is 0.303 e. The van der Waals surface area contributed by atoms with Gasteiger partial charge >= 0.3 is 5.97 Å². The summed E-state index contributed by atoms with van der Waals surface area (Å²) in [6.07, 6.45) is 4.99. The fourth-order valence-corrected chi connectivity index (χ4v) is 2.25. The molecule has 2 N–H and O–H groups in total. The number of carbonyl (C=O) groups is 2. The van der Waals surface area contributed by atoms with Crippen LogP contribution in [0.2, 0.25) is 0 Å².